The lowest BCUT2D eigenvalue weighted by Gasteiger charge is -2.38. The summed E-state index contributed by atoms with van der Waals surface area (Å²) in [4.78, 5) is 4.80. The largest absolute Gasteiger partial charge is 0.495 e. The molecule has 0 radical (unpaired) electrons. The fourth-order valence-electron chi connectivity index (χ4n) is 3.13. The summed E-state index contributed by atoms with van der Waals surface area (Å²) in [5.74, 6) is 2.04. The molecule has 0 bridgehead atoms. The Kier molecular flexibility index (Phi) is 4.79. The van der Waals surface area contributed by atoms with Gasteiger partial charge in [-0.3, -0.25) is 4.99 Å². The van der Waals surface area contributed by atoms with Crippen molar-refractivity contribution in [1.82, 2.24) is 0 Å². The molecule has 1 aromatic rings. The maximum absolute atomic E-state index is 5.40. The number of thioether (sulfide) groups is 1. The van der Waals surface area contributed by atoms with E-state index < -0.39 is 0 Å². The van der Waals surface area contributed by atoms with Gasteiger partial charge in [0.15, 0.2) is 5.17 Å². The number of amidine groups is 1. The zero-order valence-corrected chi connectivity index (χ0v) is 14.7. The van der Waals surface area contributed by atoms with Crippen LogP contribution in [0.4, 0.5) is 5.69 Å². The molecule has 0 amide bonds. The molecule has 1 aliphatic carbocycles. The molecule has 21 heavy (non-hydrogen) atoms. The Morgan fingerprint density at radius 2 is 2.10 bits per heavy atom. The van der Waals surface area contributed by atoms with E-state index in [-0.39, 0.29) is 0 Å². The van der Waals surface area contributed by atoms with Crippen molar-refractivity contribution in [3.63, 3.8) is 0 Å². The van der Waals surface area contributed by atoms with E-state index >= 15 is 0 Å². The highest BCUT2D eigenvalue weighted by Crippen LogP contribution is 2.42. The van der Waals surface area contributed by atoms with Crippen molar-refractivity contribution in [1.29, 1.82) is 0 Å². The third-order valence-corrected chi connectivity index (χ3v) is 6.15. The van der Waals surface area contributed by atoms with Crippen molar-refractivity contribution in [3.8, 4) is 5.75 Å². The summed E-state index contributed by atoms with van der Waals surface area (Å²) in [5, 5.41) is 4.44. The normalized spacial score (nSPS) is 21.0. The van der Waals surface area contributed by atoms with Gasteiger partial charge in [0.05, 0.1) is 12.8 Å². The van der Waals surface area contributed by atoms with E-state index in [9.17, 15) is 0 Å². The van der Waals surface area contributed by atoms with Gasteiger partial charge >= 0.3 is 0 Å². The van der Waals surface area contributed by atoms with Crippen LogP contribution in [-0.2, 0) is 0 Å². The van der Waals surface area contributed by atoms with Gasteiger partial charge in [-0.2, -0.15) is 0 Å². The minimum atomic E-state index is 0.468. The second-order valence-electron chi connectivity index (χ2n) is 5.94. The second kappa shape index (κ2) is 6.61. The number of anilines is 1. The molecule has 1 aromatic carbocycles. The lowest BCUT2D eigenvalue weighted by Crippen LogP contribution is -2.35. The Morgan fingerprint density at radius 3 is 2.76 bits per heavy atom. The molecule has 0 atom stereocenters. The van der Waals surface area contributed by atoms with Crippen LogP contribution in [-0.4, -0.2) is 24.6 Å². The van der Waals surface area contributed by atoms with Gasteiger partial charge in [0.1, 0.15) is 5.75 Å². The van der Waals surface area contributed by atoms with E-state index in [1.807, 2.05) is 30.0 Å². The van der Waals surface area contributed by atoms with Crippen molar-refractivity contribution < 1.29 is 4.74 Å². The number of benzene rings is 1. The molecule has 3 rings (SSSR count). The third-order valence-electron chi connectivity index (χ3n) is 4.39. The van der Waals surface area contributed by atoms with E-state index in [0.29, 0.717) is 5.41 Å². The first kappa shape index (κ1) is 15.2. The number of ether oxygens (including phenoxy) is 1. The van der Waals surface area contributed by atoms with Crippen molar-refractivity contribution in [2.45, 2.75) is 32.1 Å². The average molecular weight is 369 g/mol. The monoisotopic (exact) mass is 368 g/mol. The maximum Gasteiger partial charge on any atom is 0.161 e. The highest BCUT2D eigenvalue weighted by Gasteiger charge is 2.34. The lowest BCUT2D eigenvalue weighted by atomic mass is 9.75. The standard InChI is InChI=1S/C16H21BrN2OS/c1-20-14-6-5-12(17)9-13(14)19-15-18-10-16(11-21-15)7-3-2-4-8-16/h5-6,9H,2-4,7-8,10-11H2,1H3,(H,18,19). The fraction of sp³-hybridized carbons (Fsp3) is 0.562. The zero-order chi connectivity index (χ0) is 14.7. The number of hydrogen-bond donors (Lipinski definition) is 1. The predicted octanol–water partition coefficient (Wildman–Crippen LogP) is 4.92. The van der Waals surface area contributed by atoms with Crippen LogP contribution < -0.4 is 10.1 Å². The van der Waals surface area contributed by atoms with Crippen molar-refractivity contribution in [2.24, 2.45) is 10.4 Å². The molecule has 0 saturated heterocycles. The molecule has 1 fully saturated rings. The van der Waals surface area contributed by atoms with Gasteiger partial charge in [-0.25, -0.2) is 0 Å². The van der Waals surface area contributed by atoms with Crippen LogP contribution in [0, 0.1) is 5.41 Å². The van der Waals surface area contributed by atoms with E-state index in [1.165, 1.54) is 37.9 Å². The van der Waals surface area contributed by atoms with Crippen LogP contribution in [0.5, 0.6) is 5.75 Å². The fourth-order valence-corrected chi connectivity index (χ4v) is 4.65. The minimum Gasteiger partial charge on any atom is -0.495 e. The first-order valence-electron chi connectivity index (χ1n) is 7.49. The molecule has 5 heteroatoms. The molecule has 3 nitrogen and oxygen atoms in total. The smallest absolute Gasteiger partial charge is 0.161 e. The van der Waals surface area contributed by atoms with Gasteiger partial charge in [0.2, 0.25) is 0 Å². The summed E-state index contributed by atoms with van der Waals surface area (Å²) in [6, 6.07) is 5.98. The van der Waals surface area contributed by atoms with E-state index in [2.05, 4.69) is 21.2 Å². The Bertz CT molecular complexity index is 541. The summed E-state index contributed by atoms with van der Waals surface area (Å²) in [6.07, 6.45) is 6.83. The maximum atomic E-state index is 5.40. The van der Waals surface area contributed by atoms with Crippen molar-refractivity contribution in [2.75, 3.05) is 24.7 Å². The van der Waals surface area contributed by atoms with E-state index in [1.54, 1.807) is 7.11 Å². The number of methoxy groups -OCH3 is 1. The van der Waals surface area contributed by atoms with Crippen LogP contribution in [0.1, 0.15) is 32.1 Å². The Labute approximate surface area is 139 Å². The highest BCUT2D eigenvalue weighted by atomic mass is 79.9. The second-order valence-corrected chi connectivity index (χ2v) is 7.82. The van der Waals surface area contributed by atoms with Gasteiger partial charge in [-0.15, -0.1) is 0 Å². The Hall–Kier alpha value is -0.680. The Morgan fingerprint density at radius 1 is 1.29 bits per heavy atom. The number of nitrogens with one attached hydrogen (secondary N) is 1. The van der Waals surface area contributed by atoms with Crippen molar-refractivity contribution >= 4 is 38.5 Å². The van der Waals surface area contributed by atoms with Gasteiger partial charge < -0.3 is 10.1 Å². The quantitative estimate of drug-likeness (QED) is 0.803. The Balaban J connectivity index is 1.70. The molecular weight excluding hydrogens is 348 g/mol. The SMILES string of the molecule is COc1ccc(Br)cc1NC1=NCC2(CCCCC2)CS1. The average Bonchev–Trinajstić information content (AvgIpc) is 2.51. The number of nitrogens with zero attached hydrogens (tertiary/aromatic N) is 1. The highest BCUT2D eigenvalue weighted by molar-refractivity contribution is 9.10. The summed E-state index contributed by atoms with van der Waals surface area (Å²) in [5.41, 5.74) is 1.44. The van der Waals surface area contributed by atoms with Crippen LogP contribution in [0.2, 0.25) is 0 Å². The van der Waals surface area contributed by atoms with Gasteiger partial charge in [0.25, 0.3) is 0 Å². The lowest BCUT2D eigenvalue weighted by molar-refractivity contribution is 0.232. The molecule has 1 saturated carbocycles. The molecule has 114 valence electrons. The summed E-state index contributed by atoms with van der Waals surface area (Å²) in [7, 11) is 1.70. The third kappa shape index (κ3) is 3.57. The molecule has 0 aromatic heterocycles. The number of aliphatic imine (C=N–C) groups is 1. The van der Waals surface area contributed by atoms with Crippen LogP contribution in [0.15, 0.2) is 27.7 Å². The minimum absolute atomic E-state index is 0.468. The van der Waals surface area contributed by atoms with E-state index in [4.69, 9.17) is 9.73 Å². The van der Waals surface area contributed by atoms with Crippen LogP contribution in [0.25, 0.3) is 0 Å². The first-order valence-corrected chi connectivity index (χ1v) is 9.26. The van der Waals surface area contributed by atoms with Crippen molar-refractivity contribution in [3.05, 3.63) is 22.7 Å². The first-order chi connectivity index (χ1) is 10.2. The van der Waals surface area contributed by atoms with Crippen LogP contribution >= 0.6 is 27.7 Å². The summed E-state index contributed by atoms with van der Waals surface area (Å²) in [6.45, 7) is 0.971. The summed E-state index contributed by atoms with van der Waals surface area (Å²) >= 11 is 5.36. The molecule has 2 aliphatic rings. The molecular formula is C16H21BrN2OS. The number of hydrogen-bond acceptors (Lipinski definition) is 4. The van der Waals surface area contributed by atoms with Gasteiger partial charge in [0, 0.05) is 16.8 Å². The predicted molar refractivity (Wildman–Crippen MR) is 94.6 cm³/mol. The van der Waals surface area contributed by atoms with Gasteiger partial charge in [-0.05, 0) is 36.5 Å². The number of rotatable bonds is 2. The van der Waals surface area contributed by atoms with E-state index in [0.717, 1.165) is 27.6 Å². The van der Waals surface area contributed by atoms with Gasteiger partial charge in [-0.1, -0.05) is 47.0 Å². The molecule has 1 heterocycles. The molecule has 1 spiro atoms. The molecule has 1 N–H and O–H groups in total. The zero-order valence-electron chi connectivity index (χ0n) is 12.3. The molecule has 1 aliphatic heterocycles. The summed E-state index contributed by atoms with van der Waals surface area (Å²) < 4.78 is 6.44. The number of halogens is 1. The van der Waals surface area contributed by atoms with Crippen LogP contribution in [0.3, 0.4) is 0 Å². The molecule has 0 unspecified atom stereocenters. The topological polar surface area (TPSA) is 33.6 Å².